The van der Waals surface area contributed by atoms with E-state index >= 15 is 0 Å². The van der Waals surface area contributed by atoms with Gasteiger partial charge in [0.2, 0.25) is 0 Å². The van der Waals surface area contributed by atoms with E-state index in [2.05, 4.69) is 21.6 Å². The number of nitrogens with zero attached hydrogens (tertiary/aromatic N) is 2. The van der Waals surface area contributed by atoms with Crippen molar-refractivity contribution in [3.8, 4) is 5.75 Å². The molecule has 1 aromatic heterocycles. The zero-order chi connectivity index (χ0) is 24.6. The van der Waals surface area contributed by atoms with Gasteiger partial charge in [-0.15, -0.1) is 0 Å². The maximum Gasteiger partial charge on any atom is 0.308 e. The van der Waals surface area contributed by atoms with Gasteiger partial charge in [0.05, 0.1) is 24.6 Å². The van der Waals surface area contributed by atoms with E-state index in [4.69, 9.17) is 4.74 Å². The number of aliphatic hydroxyl groups excluding tert-OH is 1. The van der Waals surface area contributed by atoms with Crippen molar-refractivity contribution in [3.05, 3.63) is 36.0 Å². The highest BCUT2D eigenvalue weighted by molar-refractivity contribution is 7.99. The topological polar surface area (TPSA) is 82.9 Å². The molecular weight excluding hydrogens is 460 g/mol. The van der Waals surface area contributed by atoms with Crippen LogP contribution in [0.15, 0.2) is 30.5 Å². The van der Waals surface area contributed by atoms with Crippen molar-refractivity contribution in [3.63, 3.8) is 0 Å². The van der Waals surface area contributed by atoms with Crippen LogP contribution in [0.2, 0.25) is 0 Å². The number of carbonyl (C=O) groups is 1. The van der Waals surface area contributed by atoms with Gasteiger partial charge < -0.3 is 19.8 Å². The average molecular weight is 501 g/mol. The molecule has 0 spiro atoms. The minimum Gasteiger partial charge on any atom is -0.497 e. The molecule has 1 saturated heterocycles. The van der Waals surface area contributed by atoms with Gasteiger partial charge >= 0.3 is 5.97 Å². The van der Waals surface area contributed by atoms with Crippen LogP contribution in [0.4, 0.5) is 0 Å². The lowest BCUT2D eigenvalue weighted by Crippen LogP contribution is -2.44. The minimum absolute atomic E-state index is 0.0931. The Kier molecular flexibility index (Phi) is 9.69. The number of piperidine rings is 1. The number of methoxy groups -OCH3 is 1. The molecule has 3 atom stereocenters. The second kappa shape index (κ2) is 12.9. The molecule has 0 bridgehead atoms. The predicted octanol–water partition coefficient (Wildman–Crippen LogP) is 5.54. The van der Waals surface area contributed by atoms with E-state index in [0.29, 0.717) is 19.4 Å². The number of likely N-dealkylation sites (tertiary alicyclic amines) is 1. The van der Waals surface area contributed by atoms with Crippen LogP contribution in [-0.4, -0.2) is 63.8 Å². The molecule has 2 heterocycles. The molecule has 0 unspecified atom stereocenters. The summed E-state index contributed by atoms with van der Waals surface area (Å²) in [4.78, 5) is 18.9. The molecule has 1 aliphatic heterocycles. The van der Waals surface area contributed by atoms with Crippen molar-refractivity contribution in [2.75, 3.05) is 32.5 Å². The van der Waals surface area contributed by atoms with Gasteiger partial charge in [-0.05, 0) is 74.4 Å². The Morgan fingerprint density at radius 1 is 1.20 bits per heavy atom. The van der Waals surface area contributed by atoms with E-state index in [1.807, 2.05) is 24.3 Å². The number of ether oxygens (including phenoxy) is 1. The Morgan fingerprint density at radius 3 is 2.74 bits per heavy atom. The Balaban J connectivity index is 1.30. The van der Waals surface area contributed by atoms with Crippen LogP contribution >= 0.6 is 11.8 Å². The smallest absolute Gasteiger partial charge is 0.308 e. The molecule has 7 heteroatoms. The summed E-state index contributed by atoms with van der Waals surface area (Å²) < 4.78 is 5.35. The summed E-state index contributed by atoms with van der Waals surface area (Å²) in [6.45, 7) is 2.55. The number of fused-ring (bicyclic) bond motifs is 1. The predicted molar refractivity (Wildman–Crippen MR) is 142 cm³/mol. The highest BCUT2D eigenvalue weighted by atomic mass is 32.2. The third kappa shape index (κ3) is 7.11. The number of rotatable bonds is 10. The first-order valence-electron chi connectivity index (χ1n) is 13.2. The van der Waals surface area contributed by atoms with Crippen LogP contribution in [0, 0.1) is 11.8 Å². The highest BCUT2D eigenvalue weighted by Crippen LogP contribution is 2.34. The van der Waals surface area contributed by atoms with Gasteiger partial charge in [0.15, 0.2) is 0 Å². The fraction of sp³-hybridized carbons (Fsp3) is 0.643. The van der Waals surface area contributed by atoms with Crippen molar-refractivity contribution >= 4 is 28.6 Å². The quantitative estimate of drug-likeness (QED) is 0.415. The van der Waals surface area contributed by atoms with Gasteiger partial charge in [0, 0.05) is 35.7 Å². The number of thioether (sulfide) groups is 1. The van der Waals surface area contributed by atoms with Gasteiger partial charge in [0.25, 0.3) is 0 Å². The zero-order valence-electron chi connectivity index (χ0n) is 20.9. The second-order valence-corrected chi connectivity index (χ2v) is 11.6. The van der Waals surface area contributed by atoms with Crippen molar-refractivity contribution in [2.45, 2.75) is 69.1 Å². The van der Waals surface area contributed by atoms with Crippen molar-refractivity contribution < 1.29 is 19.7 Å². The number of aliphatic hydroxyl groups is 1. The maximum absolute atomic E-state index is 12.1. The average Bonchev–Trinajstić information content (AvgIpc) is 3.15. The lowest BCUT2D eigenvalue weighted by molar-refractivity contribution is -0.146. The van der Waals surface area contributed by atoms with Crippen molar-refractivity contribution in [1.82, 2.24) is 9.88 Å². The lowest BCUT2D eigenvalue weighted by atomic mass is 9.81. The standard InChI is InChI=1S/C28H40N2O4S/c1-34-21-9-10-26-24(18-21)23(12-14-29-26)27(31)11-8-20-13-15-30(19-25(20)28(32)33)16-17-35-22-6-4-2-3-5-7-22/h9-10,12,14,18,20,22,25,27,31H,2-8,11,13,15-17,19H2,1H3,(H,32,33)/t20-,25+,27-/m1/s1. The van der Waals surface area contributed by atoms with Crippen LogP contribution in [0.1, 0.15) is 69.5 Å². The van der Waals surface area contributed by atoms with Crippen LogP contribution in [0.3, 0.4) is 0 Å². The molecule has 2 aliphatic rings. The number of carboxylic acid groups (broad SMARTS) is 1. The molecule has 6 nitrogen and oxygen atoms in total. The molecule has 2 aromatic rings. The minimum atomic E-state index is -0.704. The molecule has 2 fully saturated rings. The summed E-state index contributed by atoms with van der Waals surface area (Å²) in [5.74, 6) is 0.849. The molecule has 1 saturated carbocycles. The second-order valence-electron chi connectivity index (χ2n) is 10.2. The van der Waals surface area contributed by atoms with E-state index in [1.165, 1.54) is 38.5 Å². The van der Waals surface area contributed by atoms with E-state index in [1.54, 1.807) is 13.3 Å². The normalized spacial score (nSPS) is 23.1. The van der Waals surface area contributed by atoms with Gasteiger partial charge in [-0.3, -0.25) is 9.78 Å². The molecular formula is C28H40N2O4S. The van der Waals surface area contributed by atoms with E-state index in [0.717, 1.165) is 52.7 Å². The van der Waals surface area contributed by atoms with E-state index in [-0.39, 0.29) is 11.8 Å². The fourth-order valence-electron chi connectivity index (χ4n) is 5.75. The molecule has 0 amide bonds. The molecule has 35 heavy (non-hydrogen) atoms. The largest absolute Gasteiger partial charge is 0.497 e. The molecule has 2 N–H and O–H groups in total. The summed E-state index contributed by atoms with van der Waals surface area (Å²) in [6.07, 6.45) is 11.4. The number of hydrogen-bond donors (Lipinski definition) is 2. The third-order valence-corrected chi connectivity index (χ3v) is 9.23. The van der Waals surface area contributed by atoms with Crippen molar-refractivity contribution in [1.29, 1.82) is 0 Å². The monoisotopic (exact) mass is 500 g/mol. The lowest BCUT2D eigenvalue weighted by Gasteiger charge is -2.37. The Hall–Kier alpha value is -1.83. The number of aliphatic carboxylic acids is 1. The fourth-order valence-corrected chi connectivity index (χ4v) is 7.11. The van der Waals surface area contributed by atoms with Gasteiger partial charge in [-0.2, -0.15) is 11.8 Å². The first-order chi connectivity index (χ1) is 17.0. The summed E-state index contributed by atoms with van der Waals surface area (Å²) in [5, 5.41) is 22.6. The van der Waals surface area contributed by atoms with E-state index in [9.17, 15) is 15.0 Å². The maximum atomic E-state index is 12.1. The number of hydrogen-bond acceptors (Lipinski definition) is 6. The summed E-state index contributed by atoms with van der Waals surface area (Å²) in [5.41, 5.74) is 1.65. The number of benzene rings is 1. The van der Waals surface area contributed by atoms with Crippen LogP contribution in [0.5, 0.6) is 5.75 Å². The zero-order valence-corrected chi connectivity index (χ0v) is 21.7. The van der Waals surface area contributed by atoms with E-state index < -0.39 is 12.1 Å². The first-order valence-corrected chi connectivity index (χ1v) is 14.3. The SMILES string of the molecule is COc1ccc2nccc([C@H](O)CC[C@@H]3CCN(CCSC4CCCCCC4)C[C@@H]3C(=O)O)c2c1. The number of aromatic nitrogens is 1. The summed E-state index contributed by atoms with van der Waals surface area (Å²) in [7, 11) is 1.63. The van der Waals surface area contributed by atoms with Crippen LogP contribution in [-0.2, 0) is 4.79 Å². The van der Waals surface area contributed by atoms with Crippen LogP contribution in [0.25, 0.3) is 10.9 Å². The van der Waals surface area contributed by atoms with Crippen LogP contribution < -0.4 is 4.74 Å². The number of carboxylic acids is 1. The molecule has 0 radical (unpaired) electrons. The Bertz CT molecular complexity index is 963. The Morgan fingerprint density at radius 2 is 2.00 bits per heavy atom. The number of pyridine rings is 1. The molecule has 192 valence electrons. The summed E-state index contributed by atoms with van der Waals surface area (Å²) >= 11 is 2.09. The molecule has 4 rings (SSSR count). The molecule has 1 aliphatic carbocycles. The third-order valence-electron chi connectivity index (χ3n) is 7.87. The first kappa shape index (κ1) is 26.2. The molecule has 1 aromatic carbocycles. The van der Waals surface area contributed by atoms with Gasteiger partial charge in [-0.25, -0.2) is 0 Å². The Labute approximate surface area is 213 Å². The highest BCUT2D eigenvalue weighted by Gasteiger charge is 2.34. The van der Waals surface area contributed by atoms with Gasteiger partial charge in [0.1, 0.15) is 5.75 Å². The van der Waals surface area contributed by atoms with Crippen molar-refractivity contribution in [2.24, 2.45) is 11.8 Å². The van der Waals surface area contributed by atoms with Gasteiger partial charge in [-0.1, -0.05) is 25.7 Å². The summed E-state index contributed by atoms with van der Waals surface area (Å²) in [6, 6.07) is 7.53.